The molecule has 0 radical (unpaired) electrons. The highest BCUT2D eigenvalue weighted by atomic mass is 32.2. The van der Waals surface area contributed by atoms with Crippen LogP contribution in [0.4, 0.5) is 55.3 Å². The molecule has 16 rings (SSSR count). The normalized spacial score (nSPS) is 24.6. The minimum atomic E-state index is -2.67. The molecule has 4 aromatic heterocycles. The first-order valence-corrected chi connectivity index (χ1v) is 43.5. The molecule has 4 aliphatic heterocycles. The molecule has 2 amide bonds. The summed E-state index contributed by atoms with van der Waals surface area (Å²) < 4.78 is 134. The third-order valence-corrected chi connectivity index (χ3v) is 30.0. The van der Waals surface area contributed by atoms with E-state index in [1.54, 1.807) is 40.9 Å². The van der Waals surface area contributed by atoms with Crippen LogP contribution in [0.15, 0.2) is 164 Å². The number of benzene rings is 4. The number of nitrogens with zero attached hydrogens (tertiary/aromatic N) is 6. The van der Waals surface area contributed by atoms with Crippen LogP contribution < -0.4 is 33.6 Å². The largest absolute Gasteiger partial charge is 0.378 e. The number of carbonyl (C=O) groups excluding carboxylic acids is 2. The number of anilines is 2. The standard InChI is InChI=1S/C23H25F3N4OS.C23H24F2N2S2.C21H21F3N4OS.C21H20F2N2S2/c1-14-3-5-16(29-19(31)18-6-4-15(24)12-28-18)11-17(14)21(2)13-22(32-20(27)30-21)7-9-23(25,26)10-8-22;1-3-5-16-6-4-7-17(12-16)18-13-19(28-14-18)21(2)15-22(29-20(26)27-21)8-10-23(24,25)11-9-22;1-12-3-5-14(27-17(29)16-6-4-13(22)8-26-16)7-15(12)19(2)9-20(30-18(25)28-19)10-21(23,24)11-20;1-3-5-14-6-4-7-15(8-14)16-9-17(26-10-16)19(2)11-20(27-18(24)25-19)12-21(22,23)13-20/h3-6,11-12H,7-10,13H2,1-2H3,(H2,27,30)(H,29,31);4,6-7,12-14H,8-11,15H2,1-2H3,(H2,26,27);3-8H,9-11H2,1-2H3,(H2,25,28)(H,27,29);4,6-10H,11-13H2,1-2H3,(H2,24,25). The van der Waals surface area contributed by atoms with Gasteiger partial charge in [0.25, 0.3) is 23.7 Å². The van der Waals surface area contributed by atoms with E-state index in [4.69, 9.17) is 32.9 Å². The van der Waals surface area contributed by atoms with E-state index in [1.165, 1.54) is 65.2 Å². The lowest BCUT2D eigenvalue weighted by Crippen LogP contribution is -2.55. The van der Waals surface area contributed by atoms with Crippen molar-refractivity contribution in [3.63, 3.8) is 0 Å². The van der Waals surface area contributed by atoms with Crippen molar-refractivity contribution in [1.82, 2.24) is 9.97 Å². The van der Waals surface area contributed by atoms with Crippen molar-refractivity contribution in [1.29, 1.82) is 0 Å². The Kier molecular flexibility index (Phi) is 24.6. The molecule has 4 aliphatic carbocycles. The number of aryl methyl sites for hydroxylation is 2. The van der Waals surface area contributed by atoms with Crippen LogP contribution in [0.2, 0.25) is 0 Å². The quantitative estimate of drug-likeness (QED) is 0.0554. The summed E-state index contributed by atoms with van der Waals surface area (Å²) >= 11 is 8.74. The Morgan fingerprint density at radius 2 is 0.737 bits per heavy atom. The average molecular weight is 1730 g/mol. The molecule has 118 heavy (non-hydrogen) atoms. The smallest absolute Gasteiger partial charge is 0.274 e. The van der Waals surface area contributed by atoms with Gasteiger partial charge in [-0.1, -0.05) is 95.3 Å². The molecule has 4 saturated carbocycles. The zero-order valence-corrected chi connectivity index (χ0v) is 71.1. The van der Waals surface area contributed by atoms with Gasteiger partial charge in [-0.25, -0.2) is 53.9 Å². The van der Waals surface area contributed by atoms with Crippen molar-refractivity contribution in [2.75, 3.05) is 10.6 Å². The van der Waals surface area contributed by atoms with Gasteiger partial charge in [0.2, 0.25) is 11.8 Å². The average Bonchev–Trinajstić information content (AvgIpc) is 0.925. The number of pyridine rings is 2. The highest BCUT2D eigenvalue weighted by Crippen LogP contribution is 2.64. The molecule has 4 spiro atoms. The van der Waals surface area contributed by atoms with Gasteiger partial charge in [-0.2, -0.15) is 0 Å². The summed E-state index contributed by atoms with van der Waals surface area (Å²) in [4.78, 5) is 53.5. The number of nitrogens with one attached hydrogen (secondary N) is 2. The Hall–Kier alpha value is -8.78. The Labute approximate surface area is 705 Å². The molecule has 4 fully saturated rings. The van der Waals surface area contributed by atoms with Crippen LogP contribution in [0.1, 0.15) is 208 Å². The fourth-order valence-corrected chi connectivity index (χ4v) is 25.8. The molecule has 4 aromatic carbocycles. The first-order chi connectivity index (χ1) is 55.4. The molecule has 4 unspecified atom stereocenters. The number of aromatic nitrogens is 2. The second kappa shape index (κ2) is 33.3. The number of hydrogen-bond donors (Lipinski definition) is 6. The van der Waals surface area contributed by atoms with Crippen LogP contribution in [0.3, 0.4) is 0 Å². The molecule has 8 heterocycles. The Balaban J connectivity index is 0.000000137. The number of halogens is 10. The Morgan fingerprint density at radius 1 is 0.398 bits per heavy atom. The van der Waals surface area contributed by atoms with Gasteiger partial charge in [-0.15, -0.1) is 34.5 Å². The third-order valence-electron chi connectivity index (χ3n) is 22.7. The highest BCUT2D eigenvalue weighted by Gasteiger charge is 2.63. The molecule has 0 saturated heterocycles. The van der Waals surface area contributed by atoms with Crippen molar-refractivity contribution >= 4 is 114 Å². The molecule has 8 aliphatic rings. The van der Waals surface area contributed by atoms with Gasteiger partial charge >= 0.3 is 0 Å². The van der Waals surface area contributed by atoms with Gasteiger partial charge in [-0.3, -0.25) is 29.6 Å². The van der Waals surface area contributed by atoms with Crippen LogP contribution in [0, 0.1) is 49.2 Å². The van der Waals surface area contributed by atoms with Crippen LogP contribution >= 0.6 is 69.7 Å². The van der Waals surface area contributed by atoms with E-state index in [0.29, 0.717) is 77.0 Å². The number of aliphatic imine (C=N–C) groups is 4. The van der Waals surface area contributed by atoms with Crippen molar-refractivity contribution in [3.05, 3.63) is 211 Å². The molecule has 0 bridgehead atoms. The molecule has 8 aromatic rings. The van der Waals surface area contributed by atoms with Crippen molar-refractivity contribution in [2.45, 2.75) is 223 Å². The number of amidine groups is 4. The molecular weight excluding hydrogens is 1640 g/mol. The first-order valence-electron chi connectivity index (χ1n) is 38.5. The van der Waals surface area contributed by atoms with E-state index < -0.39 is 78.8 Å². The monoisotopic (exact) mass is 1730 g/mol. The fourth-order valence-electron chi connectivity index (χ4n) is 17.6. The van der Waals surface area contributed by atoms with Gasteiger partial charge < -0.3 is 33.6 Å². The van der Waals surface area contributed by atoms with Gasteiger partial charge in [0, 0.05) is 103 Å². The lowest BCUT2D eigenvalue weighted by Gasteiger charge is -2.52. The predicted octanol–water partition coefficient (Wildman–Crippen LogP) is 22.0. The zero-order chi connectivity index (χ0) is 84.9. The summed E-state index contributed by atoms with van der Waals surface area (Å²) in [6.07, 6.45) is 4.90. The second-order valence-electron chi connectivity index (χ2n) is 32.9. The van der Waals surface area contributed by atoms with Crippen molar-refractivity contribution in [3.8, 4) is 45.9 Å². The maximum absolute atomic E-state index is 13.8. The van der Waals surface area contributed by atoms with Crippen LogP contribution in [0.25, 0.3) is 22.3 Å². The van der Waals surface area contributed by atoms with Crippen molar-refractivity contribution in [2.24, 2.45) is 42.9 Å². The fraction of sp³-hybridized carbons (Fsp3) is 0.409. The number of thiophene rings is 2. The molecule has 14 nitrogen and oxygen atoms in total. The molecule has 620 valence electrons. The van der Waals surface area contributed by atoms with E-state index in [0.717, 1.165) is 90.3 Å². The maximum atomic E-state index is 13.8. The summed E-state index contributed by atoms with van der Waals surface area (Å²) in [5.74, 6) is -0.383. The first kappa shape index (κ1) is 87.0. The summed E-state index contributed by atoms with van der Waals surface area (Å²) in [6.45, 7) is 15.4. The lowest BCUT2D eigenvalue weighted by atomic mass is 9.70. The van der Waals surface area contributed by atoms with E-state index in [1.807, 2.05) is 90.9 Å². The van der Waals surface area contributed by atoms with E-state index in [9.17, 15) is 53.5 Å². The number of rotatable bonds is 10. The number of carbonyl (C=O) groups is 2. The van der Waals surface area contributed by atoms with Gasteiger partial charge in [0.1, 0.15) is 23.0 Å². The number of alkyl halides is 8. The van der Waals surface area contributed by atoms with Crippen LogP contribution in [-0.4, -0.2) is 85.1 Å². The minimum absolute atomic E-state index is 0.0652. The lowest BCUT2D eigenvalue weighted by molar-refractivity contribution is -0.102. The van der Waals surface area contributed by atoms with Gasteiger partial charge in [0.15, 0.2) is 20.7 Å². The summed E-state index contributed by atoms with van der Waals surface area (Å²) in [7, 11) is 0. The van der Waals surface area contributed by atoms with Gasteiger partial charge in [-0.05, 0) is 247 Å². The van der Waals surface area contributed by atoms with E-state index in [-0.39, 0.29) is 72.2 Å². The number of hydrogen-bond acceptors (Lipinski definition) is 18. The highest BCUT2D eigenvalue weighted by molar-refractivity contribution is 8.15. The predicted molar refractivity (Wildman–Crippen MR) is 462 cm³/mol. The SMILES string of the molecule is CC#Cc1cccc(-c2csc(C3(C)CC4(CC(F)(F)C4)SC(N)=N3)c2)c1.CC#Cc1cccc(-c2csc(C3(C)CC4(CCC(F)(F)CC4)SC(N)=N3)c2)c1.Cc1ccc(NC(=O)c2ccc(F)cn2)cc1C1(C)CC2(CC(F)(F)C2)SC(N)=N1.Cc1ccc(NC(=O)c2ccc(F)cn2)cc1C1(C)CC2(CCC(F)(F)CC2)SC(N)=N1. The van der Waals surface area contributed by atoms with Crippen molar-refractivity contribution < 1.29 is 53.5 Å². The number of thioether (sulfide) groups is 4. The topological polar surface area (TPSA) is 238 Å². The third kappa shape index (κ3) is 20.1. The van der Waals surface area contributed by atoms with Crippen LogP contribution in [-0.2, 0) is 22.2 Å². The maximum Gasteiger partial charge on any atom is 0.274 e. The minimum Gasteiger partial charge on any atom is -0.378 e. The number of nitrogens with two attached hydrogens (primary N) is 4. The summed E-state index contributed by atoms with van der Waals surface area (Å²) in [6, 6.07) is 36.3. The van der Waals surface area contributed by atoms with Crippen LogP contribution in [0.5, 0.6) is 0 Å². The summed E-state index contributed by atoms with van der Waals surface area (Å²) in [5, 5.41) is 11.4. The second-order valence-corrected chi connectivity index (χ2v) is 40.7. The molecular formula is C88H90F10N12O2S6. The van der Waals surface area contributed by atoms with E-state index >= 15 is 0 Å². The molecule has 10 N–H and O–H groups in total. The summed E-state index contributed by atoms with van der Waals surface area (Å²) in [5.41, 5.74) is 33.1. The number of amides is 2. The molecule has 4 atom stereocenters. The molecule has 30 heteroatoms. The van der Waals surface area contributed by atoms with Gasteiger partial charge in [0.05, 0.1) is 34.5 Å². The Morgan fingerprint density at radius 3 is 1.08 bits per heavy atom. The zero-order valence-electron chi connectivity index (χ0n) is 66.2. The van der Waals surface area contributed by atoms with E-state index in [2.05, 4.69) is 108 Å². The Bertz CT molecular complexity index is 5400.